The van der Waals surface area contributed by atoms with Crippen LogP contribution in [0.1, 0.15) is 51.4 Å². The van der Waals surface area contributed by atoms with E-state index in [0.717, 1.165) is 0 Å². The number of pyridine rings is 1. The van der Waals surface area contributed by atoms with Crippen molar-refractivity contribution in [2.24, 2.45) is 0 Å². The molecular formula is C33H38F2N2O7S. The van der Waals surface area contributed by atoms with Crippen LogP contribution in [0, 0.1) is 11.8 Å². The molecule has 0 aliphatic rings. The van der Waals surface area contributed by atoms with Crippen LogP contribution in [0.3, 0.4) is 0 Å². The lowest BCUT2D eigenvalue weighted by Crippen LogP contribution is -2.39. The summed E-state index contributed by atoms with van der Waals surface area (Å²) in [4.78, 5) is 16.9. The number of halogens is 2. The number of carbonyl (C=O) groups excluding carboxylic acids is 1. The summed E-state index contributed by atoms with van der Waals surface area (Å²) in [5, 5.41) is 0.406. The first-order valence-corrected chi connectivity index (χ1v) is 15.4. The Balaban J connectivity index is 1.63. The van der Waals surface area contributed by atoms with Crippen molar-refractivity contribution in [3.63, 3.8) is 0 Å². The summed E-state index contributed by atoms with van der Waals surface area (Å²) < 4.78 is 72.4. The van der Waals surface area contributed by atoms with Crippen LogP contribution in [0.15, 0.2) is 53.1 Å². The summed E-state index contributed by atoms with van der Waals surface area (Å²) >= 11 is -1.44. The number of aromatic nitrogens is 1. The lowest BCUT2D eigenvalue weighted by molar-refractivity contribution is -0.160. The van der Waals surface area contributed by atoms with Crippen molar-refractivity contribution in [1.82, 2.24) is 9.71 Å². The van der Waals surface area contributed by atoms with Gasteiger partial charge in [-0.3, -0.25) is 9.78 Å². The first kappa shape index (κ1) is 34.2. The minimum absolute atomic E-state index is 0.00813. The summed E-state index contributed by atoms with van der Waals surface area (Å²) in [6, 6.07) is 10.3. The predicted octanol–water partition coefficient (Wildman–Crippen LogP) is 6.42. The van der Waals surface area contributed by atoms with E-state index in [0.29, 0.717) is 33.6 Å². The summed E-state index contributed by atoms with van der Waals surface area (Å²) in [5.41, 5.74) is 0.967. The maximum atomic E-state index is 15.8. The zero-order valence-corrected chi connectivity index (χ0v) is 27.2. The van der Waals surface area contributed by atoms with E-state index in [9.17, 15) is 13.7 Å². The van der Waals surface area contributed by atoms with Gasteiger partial charge in [0.2, 0.25) is 0 Å². The van der Waals surface area contributed by atoms with E-state index in [1.54, 1.807) is 65.0 Å². The second-order valence-corrected chi connectivity index (χ2v) is 14.1. The van der Waals surface area contributed by atoms with E-state index >= 15 is 4.39 Å². The molecule has 0 fully saturated rings. The second kappa shape index (κ2) is 14.2. The molecule has 0 spiro atoms. The van der Waals surface area contributed by atoms with Crippen LogP contribution in [-0.4, -0.2) is 46.7 Å². The number of rotatable bonds is 13. The monoisotopic (exact) mass is 644 g/mol. The van der Waals surface area contributed by atoms with Gasteiger partial charge in [0.15, 0.2) is 5.82 Å². The zero-order chi connectivity index (χ0) is 32.9. The van der Waals surface area contributed by atoms with Crippen LogP contribution in [0.25, 0.3) is 22.1 Å². The topological polar surface area (TPSA) is 115 Å². The molecule has 0 amide bonds. The van der Waals surface area contributed by atoms with Gasteiger partial charge in [-0.2, -0.15) is 4.39 Å². The Kier molecular flexibility index (Phi) is 10.7. The average molecular weight is 645 g/mol. The molecule has 0 saturated carbocycles. The normalized spacial score (nSPS) is 12.8. The van der Waals surface area contributed by atoms with Crippen molar-refractivity contribution >= 4 is 28.3 Å². The molecule has 9 nitrogen and oxygen atoms in total. The van der Waals surface area contributed by atoms with Crippen LogP contribution >= 0.6 is 0 Å². The van der Waals surface area contributed by atoms with Crippen LogP contribution in [0.2, 0.25) is 0 Å². The van der Waals surface area contributed by atoms with E-state index in [1.165, 1.54) is 32.5 Å². The number of benzene rings is 2. The number of furan rings is 1. The fourth-order valence-electron chi connectivity index (χ4n) is 4.62. The van der Waals surface area contributed by atoms with E-state index in [2.05, 4.69) is 9.71 Å². The molecule has 0 radical (unpaired) electrons. The lowest BCUT2D eigenvalue weighted by atomic mass is 10.00. The fourth-order valence-corrected chi connectivity index (χ4v) is 5.32. The van der Waals surface area contributed by atoms with Gasteiger partial charge in [0.1, 0.15) is 34.0 Å². The number of methoxy groups -OCH3 is 2. The van der Waals surface area contributed by atoms with E-state index in [1.807, 2.05) is 0 Å². The third-order valence-electron chi connectivity index (χ3n) is 6.71. The van der Waals surface area contributed by atoms with Crippen LogP contribution < -0.4 is 14.2 Å². The summed E-state index contributed by atoms with van der Waals surface area (Å²) in [5.74, 6) is -0.222. The molecule has 4 aromatic rings. The molecule has 0 aliphatic heterocycles. The van der Waals surface area contributed by atoms with Crippen LogP contribution in [0.5, 0.6) is 11.5 Å². The van der Waals surface area contributed by atoms with Gasteiger partial charge < -0.3 is 27.9 Å². The minimum atomic E-state index is -1.44. The second-order valence-electron chi connectivity index (χ2n) is 12.0. The highest BCUT2D eigenvalue weighted by Crippen LogP contribution is 2.35. The fraction of sp³-hybridized carbons (Fsp3) is 0.394. The molecule has 12 heteroatoms. The van der Waals surface area contributed by atoms with E-state index < -0.39 is 39.5 Å². The number of nitrogens with zero attached hydrogens (tertiary/aromatic N) is 1. The first-order valence-electron chi connectivity index (χ1n) is 14.2. The van der Waals surface area contributed by atoms with Gasteiger partial charge in [0.25, 0.3) is 6.01 Å². The predicted molar refractivity (Wildman–Crippen MR) is 167 cm³/mol. The number of carbonyl (C=O) groups is 1. The highest BCUT2D eigenvalue weighted by Gasteiger charge is 2.27. The lowest BCUT2D eigenvalue weighted by Gasteiger charge is -2.24. The summed E-state index contributed by atoms with van der Waals surface area (Å²) in [7, 11) is 3.05. The molecule has 0 bridgehead atoms. The molecule has 2 aromatic carbocycles. The molecule has 2 aromatic heterocycles. The Morgan fingerprint density at radius 3 is 2.49 bits per heavy atom. The third-order valence-corrected chi connectivity index (χ3v) is 8.23. The molecular weight excluding hydrogens is 606 g/mol. The van der Waals surface area contributed by atoms with Crippen LogP contribution in [0.4, 0.5) is 8.78 Å². The van der Waals surface area contributed by atoms with Gasteiger partial charge in [-0.1, -0.05) is 6.07 Å². The number of ether oxygens (including phenoxy) is 4. The zero-order valence-electron chi connectivity index (χ0n) is 26.4. The SMILES string of the molecule is COCC(C)(C)OC(=O)Cc1ccc(OC)cc1OCc1cc(-c2ccnc(CN[S+]([O-])C(C)(C)C)c2F)c2oc(F)cc2c1. The van der Waals surface area contributed by atoms with Crippen molar-refractivity contribution in [3.8, 4) is 22.6 Å². The number of hydrogen-bond donors (Lipinski definition) is 1. The highest BCUT2D eigenvalue weighted by atomic mass is 32.2. The van der Waals surface area contributed by atoms with E-state index in [-0.39, 0.29) is 43.0 Å². The van der Waals surface area contributed by atoms with Gasteiger partial charge in [-0.25, -0.2) is 4.39 Å². The van der Waals surface area contributed by atoms with Crippen molar-refractivity contribution in [1.29, 1.82) is 0 Å². The Morgan fingerprint density at radius 1 is 1.04 bits per heavy atom. The smallest absolute Gasteiger partial charge is 0.311 e. The summed E-state index contributed by atoms with van der Waals surface area (Å²) in [6.45, 7) is 9.06. The molecule has 45 heavy (non-hydrogen) atoms. The summed E-state index contributed by atoms with van der Waals surface area (Å²) in [6.07, 6.45) is 1.36. The largest absolute Gasteiger partial charge is 0.598 e. The molecule has 0 saturated heterocycles. The van der Waals surface area contributed by atoms with Crippen molar-refractivity contribution in [2.75, 3.05) is 20.8 Å². The van der Waals surface area contributed by atoms with Gasteiger partial charge >= 0.3 is 5.97 Å². The quantitative estimate of drug-likeness (QED) is 0.130. The number of fused-ring (bicyclic) bond motifs is 1. The van der Waals surface area contributed by atoms with Gasteiger partial charge in [-0.15, -0.1) is 4.72 Å². The number of hydrogen-bond acceptors (Lipinski definition) is 9. The Hall–Kier alpha value is -3.71. The Labute approximate surface area is 264 Å². The molecule has 4 rings (SSSR count). The number of esters is 1. The number of nitrogens with one attached hydrogen (secondary N) is 1. The highest BCUT2D eigenvalue weighted by molar-refractivity contribution is 7.90. The molecule has 242 valence electrons. The standard InChI is InChI=1S/C33H38F2N2O7S/c1-32(2,3)45(39)37-17-26-30(35)24(10-11-36-26)25-13-20(12-22-14-28(34)43-31(22)25)18-42-27-16-23(41-7)9-8-21(27)15-29(38)44-33(4,5)19-40-6/h8-14,16,37H,15,17-19H2,1-7H3. The Morgan fingerprint density at radius 2 is 1.80 bits per heavy atom. The van der Waals surface area contributed by atoms with Gasteiger partial charge in [0, 0.05) is 58.9 Å². The minimum Gasteiger partial charge on any atom is -0.598 e. The molecule has 0 aliphatic carbocycles. The molecule has 1 atom stereocenters. The maximum Gasteiger partial charge on any atom is 0.311 e. The van der Waals surface area contributed by atoms with Crippen molar-refractivity contribution in [3.05, 3.63) is 77.3 Å². The van der Waals surface area contributed by atoms with Crippen molar-refractivity contribution < 1.29 is 41.5 Å². The maximum absolute atomic E-state index is 15.8. The molecule has 2 heterocycles. The van der Waals surface area contributed by atoms with Gasteiger partial charge in [-0.05, 0) is 64.4 Å². The first-order chi connectivity index (χ1) is 21.2. The van der Waals surface area contributed by atoms with Gasteiger partial charge in [0.05, 0.1) is 32.4 Å². The Bertz CT molecular complexity index is 1650. The molecule has 1 unspecified atom stereocenters. The third kappa shape index (κ3) is 8.72. The average Bonchev–Trinajstić information content (AvgIpc) is 3.34. The van der Waals surface area contributed by atoms with Crippen LogP contribution in [-0.2, 0) is 45.2 Å². The van der Waals surface area contributed by atoms with E-state index in [4.69, 9.17) is 23.4 Å². The van der Waals surface area contributed by atoms with Crippen molar-refractivity contribution in [2.45, 2.75) is 64.5 Å². The molecule has 1 N–H and O–H groups in total.